The molecule has 0 atom stereocenters. The normalized spacial score (nSPS) is 12.0. The molecule has 0 saturated carbocycles. The fraction of sp³-hybridized carbons (Fsp3) is 0.0571. The average molecular weight is 947 g/mol. The Morgan fingerprint density at radius 2 is 0.622 bits per heavy atom. The summed E-state index contributed by atoms with van der Waals surface area (Å²) in [5, 5.41) is 10.0. The van der Waals surface area contributed by atoms with E-state index >= 15 is 0 Å². The topological polar surface area (TPSA) is 15.3 Å². The van der Waals surface area contributed by atoms with Crippen molar-refractivity contribution in [3.05, 3.63) is 254 Å². The summed E-state index contributed by atoms with van der Waals surface area (Å²) in [6, 6.07) is 90.3. The molecule has 0 aliphatic carbocycles. The maximum Gasteiger partial charge on any atom is 0.0634 e. The zero-order valence-corrected chi connectivity index (χ0v) is 41.3. The highest BCUT2D eigenvalue weighted by molar-refractivity contribution is 6.38. The number of hydrogen-bond donors (Lipinski definition) is 0. The molecule has 15 aromatic rings. The van der Waals surface area contributed by atoms with Crippen LogP contribution < -0.4 is 9.80 Å². The average Bonchev–Trinajstić information content (AvgIpc) is 4.25. The maximum atomic E-state index is 2.63. The number of aryl methyl sites for hydroxylation is 2. The van der Waals surface area contributed by atoms with Crippen molar-refractivity contribution in [3.8, 4) is 22.3 Å². The van der Waals surface area contributed by atoms with E-state index in [0.29, 0.717) is 0 Å². The van der Waals surface area contributed by atoms with Crippen LogP contribution in [0, 0.1) is 0 Å². The van der Waals surface area contributed by atoms with Crippen LogP contribution in [0.2, 0.25) is 0 Å². The maximum absolute atomic E-state index is 2.63. The zero-order chi connectivity index (χ0) is 49.0. The highest BCUT2D eigenvalue weighted by Crippen LogP contribution is 2.55. The van der Waals surface area contributed by atoms with Gasteiger partial charge in [-0.15, -0.1) is 0 Å². The summed E-state index contributed by atoms with van der Waals surface area (Å²) in [5.74, 6) is 0. The van der Waals surface area contributed by atoms with Gasteiger partial charge in [0.1, 0.15) is 0 Å². The van der Waals surface area contributed by atoms with Crippen LogP contribution in [0.4, 0.5) is 34.1 Å². The minimum Gasteiger partial charge on any atom is -0.310 e. The molecule has 0 aliphatic heterocycles. The van der Waals surface area contributed by atoms with E-state index in [2.05, 4.69) is 275 Å². The Morgan fingerprint density at radius 1 is 0.284 bits per heavy atom. The third kappa shape index (κ3) is 6.15. The van der Waals surface area contributed by atoms with E-state index in [4.69, 9.17) is 0 Å². The highest BCUT2D eigenvalue weighted by atomic mass is 15.1. The summed E-state index contributed by atoms with van der Waals surface area (Å²) < 4.78 is 5.26. The molecule has 0 aliphatic rings. The molecular formula is C70H50N4. The summed E-state index contributed by atoms with van der Waals surface area (Å²) in [7, 11) is 0. The van der Waals surface area contributed by atoms with Crippen molar-refractivity contribution >= 4 is 110 Å². The van der Waals surface area contributed by atoms with Gasteiger partial charge in [0.2, 0.25) is 0 Å². The molecule has 74 heavy (non-hydrogen) atoms. The first-order valence-electron chi connectivity index (χ1n) is 26.1. The van der Waals surface area contributed by atoms with Gasteiger partial charge in [-0.1, -0.05) is 184 Å². The highest BCUT2D eigenvalue weighted by Gasteiger charge is 2.31. The number of aromatic nitrogens is 2. The lowest BCUT2D eigenvalue weighted by Gasteiger charge is -2.26. The van der Waals surface area contributed by atoms with E-state index in [9.17, 15) is 0 Å². The minimum atomic E-state index is 0.996. The van der Waals surface area contributed by atoms with Crippen LogP contribution in [0.15, 0.2) is 243 Å². The van der Waals surface area contributed by atoms with Crippen LogP contribution >= 0.6 is 0 Å². The summed E-state index contributed by atoms with van der Waals surface area (Å²) in [4.78, 5) is 4.81. The van der Waals surface area contributed by atoms with Gasteiger partial charge in [-0.05, 0) is 108 Å². The van der Waals surface area contributed by atoms with Crippen LogP contribution in [0.5, 0.6) is 0 Å². The molecule has 15 rings (SSSR count). The Balaban J connectivity index is 1.11. The van der Waals surface area contributed by atoms with Crippen molar-refractivity contribution in [2.75, 3.05) is 9.80 Å². The zero-order valence-electron chi connectivity index (χ0n) is 41.3. The molecule has 4 nitrogen and oxygen atoms in total. The fourth-order valence-corrected chi connectivity index (χ4v) is 12.5. The second-order valence-corrected chi connectivity index (χ2v) is 19.8. The second-order valence-electron chi connectivity index (χ2n) is 19.8. The van der Waals surface area contributed by atoms with Crippen LogP contribution in [0.3, 0.4) is 0 Å². The van der Waals surface area contributed by atoms with Crippen LogP contribution in [0.25, 0.3) is 98.4 Å². The number of rotatable bonds is 10. The molecule has 4 heterocycles. The van der Waals surface area contributed by atoms with E-state index in [1.54, 1.807) is 0 Å². The SMILES string of the molecule is CCc1ccc(N(c2ccccc2)c2ccc3c4cccc5c6c(-c7ccccc7)c7c(c(-c8ccccc8)c6n(c3c2)c45)c2cccc3c4ccc(N(c5ccccc5)c5ccc(CC)cc5)cc4n7c32)cc1. The number of benzene rings is 11. The standard InChI is InChI=1S/C70H50N4/c1-3-45-31-35-51(36-32-45)71(49-23-13-7-14-24-49)53-39-41-55-57-27-17-29-59-65-64(48-21-11-6-12-22-48)70-66(63(47-19-9-5-10-20-47)69(65)73(67(57)59)61(55)43-53)60-30-18-28-58-56-42-40-54(44-62(56)74(70)68(58)60)72(50-25-15-8-16-26-50)52-37-33-46(4-2)34-38-52/h5-44H,3-4H2,1-2H3. The van der Waals surface area contributed by atoms with Crippen molar-refractivity contribution in [1.82, 2.24) is 8.80 Å². The smallest absolute Gasteiger partial charge is 0.0634 e. The molecule has 0 bridgehead atoms. The van der Waals surface area contributed by atoms with Gasteiger partial charge in [0.15, 0.2) is 0 Å². The van der Waals surface area contributed by atoms with Crippen LogP contribution in [-0.2, 0) is 12.8 Å². The first-order chi connectivity index (χ1) is 36.7. The molecule has 4 heteroatoms. The Labute approximate surface area is 429 Å². The predicted octanol–water partition coefficient (Wildman–Crippen LogP) is 19.4. The third-order valence-electron chi connectivity index (χ3n) is 15.9. The lowest BCUT2D eigenvalue weighted by Crippen LogP contribution is -2.10. The van der Waals surface area contributed by atoms with Crippen molar-refractivity contribution < 1.29 is 0 Å². The fourth-order valence-electron chi connectivity index (χ4n) is 12.5. The molecule has 0 N–H and O–H groups in total. The number of hydrogen-bond acceptors (Lipinski definition) is 2. The van der Waals surface area contributed by atoms with Crippen molar-refractivity contribution in [1.29, 1.82) is 0 Å². The van der Waals surface area contributed by atoms with E-state index in [-0.39, 0.29) is 0 Å². The van der Waals surface area contributed by atoms with Gasteiger partial charge < -0.3 is 18.6 Å². The largest absolute Gasteiger partial charge is 0.310 e. The molecule has 0 fully saturated rings. The van der Waals surface area contributed by atoms with Gasteiger partial charge in [-0.3, -0.25) is 0 Å². The summed E-state index contributed by atoms with van der Waals surface area (Å²) >= 11 is 0. The Morgan fingerprint density at radius 3 is 1.00 bits per heavy atom. The minimum absolute atomic E-state index is 0.996. The Kier molecular flexibility index (Phi) is 9.49. The lowest BCUT2D eigenvalue weighted by atomic mass is 9.89. The van der Waals surface area contributed by atoms with Gasteiger partial charge in [-0.2, -0.15) is 0 Å². The number of anilines is 6. The van der Waals surface area contributed by atoms with Gasteiger partial charge in [0.05, 0.1) is 33.1 Å². The van der Waals surface area contributed by atoms with E-state index in [1.807, 2.05) is 0 Å². The number of fused-ring (bicyclic) bond motifs is 12. The van der Waals surface area contributed by atoms with E-state index in [0.717, 1.165) is 47.0 Å². The summed E-state index contributed by atoms with van der Waals surface area (Å²) in [5.41, 5.74) is 21.6. The van der Waals surface area contributed by atoms with Gasteiger partial charge in [-0.25, -0.2) is 0 Å². The third-order valence-corrected chi connectivity index (χ3v) is 15.9. The Hall–Kier alpha value is -9.38. The van der Waals surface area contributed by atoms with Gasteiger partial charge >= 0.3 is 0 Å². The first kappa shape index (κ1) is 42.3. The summed E-state index contributed by atoms with van der Waals surface area (Å²) in [6.45, 7) is 4.44. The quantitative estimate of drug-likeness (QED) is 0.136. The molecule has 0 unspecified atom stereocenters. The number of nitrogens with zero attached hydrogens (tertiary/aromatic N) is 4. The van der Waals surface area contributed by atoms with Crippen LogP contribution in [-0.4, -0.2) is 8.80 Å². The Bertz CT molecular complexity index is 4280. The second kappa shape index (κ2) is 16.6. The van der Waals surface area contributed by atoms with Gasteiger partial charge in [0.25, 0.3) is 0 Å². The molecular weight excluding hydrogens is 897 g/mol. The first-order valence-corrected chi connectivity index (χ1v) is 26.1. The molecule has 11 aromatic carbocycles. The van der Waals surface area contributed by atoms with Crippen molar-refractivity contribution in [2.24, 2.45) is 0 Å². The lowest BCUT2D eigenvalue weighted by molar-refractivity contribution is 1.14. The molecule has 0 spiro atoms. The van der Waals surface area contributed by atoms with E-state index in [1.165, 1.54) is 110 Å². The van der Waals surface area contributed by atoms with Gasteiger partial charge in [0, 0.05) is 88.3 Å². The predicted molar refractivity (Wildman–Crippen MR) is 315 cm³/mol. The van der Waals surface area contributed by atoms with Crippen molar-refractivity contribution in [2.45, 2.75) is 26.7 Å². The monoisotopic (exact) mass is 946 g/mol. The van der Waals surface area contributed by atoms with Crippen LogP contribution in [0.1, 0.15) is 25.0 Å². The molecule has 0 radical (unpaired) electrons. The summed E-state index contributed by atoms with van der Waals surface area (Å²) in [6.07, 6.45) is 1.99. The molecule has 0 saturated heterocycles. The molecule has 0 amide bonds. The van der Waals surface area contributed by atoms with E-state index < -0.39 is 0 Å². The molecule has 4 aromatic heterocycles. The van der Waals surface area contributed by atoms with Crippen molar-refractivity contribution in [3.63, 3.8) is 0 Å². The number of para-hydroxylation sites is 4. The molecule has 350 valence electrons.